The number of methoxy groups -OCH3 is 1. The van der Waals surface area contributed by atoms with Gasteiger partial charge in [-0.05, 0) is 38.1 Å². The van der Waals surface area contributed by atoms with Crippen LogP contribution in [0.5, 0.6) is 5.75 Å². The van der Waals surface area contributed by atoms with Crippen LogP contribution in [0.2, 0.25) is 0 Å². The number of halogens is 3. The molecule has 0 saturated heterocycles. The van der Waals surface area contributed by atoms with E-state index in [0.717, 1.165) is 11.4 Å². The lowest BCUT2D eigenvalue weighted by molar-refractivity contribution is -0.0687. The highest BCUT2D eigenvalue weighted by atomic mass is 19.4. The predicted octanol–water partition coefficient (Wildman–Crippen LogP) is 4.56. The largest absolute Gasteiger partial charge is 0.495 e. The predicted molar refractivity (Wildman–Crippen MR) is 91.2 cm³/mol. The molecule has 2 heterocycles. The summed E-state index contributed by atoms with van der Waals surface area (Å²) in [5.41, 5.74) is 1.51. The van der Waals surface area contributed by atoms with Gasteiger partial charge in [0.2, 0.25) is 0 Å². The number of rotatable bonds is 3. The van der Waals surface area contributed by atoms with Crippen LogP contribution >= 0.6 is 0 Å². The topological polar surface area (TPSA) is 32.0 Å². The number of alkyl halides is 3. The fraction of sp³-hybridized carbons (Fsp3) is 0.278. The Kier molecular flexibility index (Phi) is 3.89. The standard InChI is InChI=1S/C18H18F3N3O/c1-10-6-7-11(2)24(10)17-15-14(23(4)22-17)9-8-13(16(15)25-5)12(3)18(19,20)21/h6-9H,3H2,1-2,4-5H3. The van der Waals surface area contributed by atoms with Crippen molar-refractivity contribution >= 4 is 16.5 Å². The molecule has 3 aromatic rings. The third kappa shape index (κ3) is 2.59. The molecule has 0 N–H and O–H groups in total. The lowest BCUT2D eigenvalue weighted by Gasteiger charge is -2.16. The van der Waals surface area contributed by atoms with Gasteiger partial charge in [-0.25, -0.2) is 0 Å². The van der Waals surface area contributed by atoms with Crippen LogP contribution in [0.25, 0.3) is 22.3 Å². The Morgan fingerprint density at radius 3 is 2.24 bits per heavy atom. The molecule has 4 nitrogen and oxygen atoms in total. The second-order valence-corrected chi connectivity index (χ2v) is 5.92. The smallest absolute Gasteiger partial charge is 0.416 e. The summed E-state index contributed by atoms with van der Waals surface area (Å²) in [4.78, 5) is 0. The van der Waals surface area contributed by atoms with E-state index in [1.807, 2.05) is 30.5 Å². The molecule has 0 spiro atoms. The normalized spacial score (nSPS) is 12.0. The van der Waals surface area contributed by atoms with Crippen molar-refractivity contribution in [1.29, 1.82) is 0 Å². The lowest BCUT2D eigenvalue weighted by Crippen LogP contribution is -2.10. The van der Waals surface area contributed by atoms with Crippen LogP contribution in [0.1, 0.15) is 17.0 Å². The maximum absolute atomic E-state index is 13.2. The average Bonchev–Trinajstić information content (AvgIpc) is 3.04. The van der Waals surface area contributed by atoms with Crippen molar-refractivity contribution in [2.45, 2.75) is 20.0 Å². The summed E-state index contributed by atoms with van der Waals surface area (Å²) < 4.78 is 48.4. The highest BCUT2D eigenvalue weighted by Gasteiger charge is 2.35. The van der Waals surface area contributed by atoms with Crippen molar-refractivity contribution in [2.24, 2.45) is 7.05 Å². The maximum Gasteiger partial charge on any atom is 0.416 e. The van der Waals surface area contributed by atoms with Gasteiger partial charge in [0.15, 0.2) is 5.82 Å². The summed E-state index contributed by atoms with van der Waals surface area (Å²) >= 11 is 0. The Hall–Kier alpha value is -2.70. The third-order valence-corrected chi connectivity index (χ3v) is 4.31. The first-order chi connectivity index (χ1) is 11.7. The minimum Gasteiger partial charge on any atom is -0.495 e. The molecule has 0 unspecified atom stereocenters. The van der Waals surface area contributed by atoms with Gasteiger partial charge in [0.05, 0.1) is 23.6 Å². The first-order valence-corrected chi connectivity index (χ1v) is 7.62. The summed E-state index contributed by atoms with van der Waals surface area (Å²) in [6.07, 6.45) is -4.54. The molecule has 0 bridgehead atoms. The summed E-state index contributed by atoms with van der Waals surface area (Å²) in [5.74, 6) is 0.654. The molecule has 0 saturated carbocycles. The quantitative estimate of drug-likeness (QED) is 0.694. The van der Waals surface area contributed by atoms with E-state index >= 15 is 0 Å². The second kappa shape index (κ2) is 5.68. The van der Waals surface area contributed by atoms with E-state index in [-0.39, 0.29) is 11.3 Å². The van der Waals surface area contributed by atoms with Crippen molar-refractivity contribution in [3.05, 3.63) is 47.8 Å². The van der Waals surface area contributed by atoms with Gasteiger partial charge in [0.1, 0.15) is 5.75 Å². The molecule has 1 aromatic carbocycles. The number of hydrogen-bond donors (Lipinski definition) is 0. The van der Waals surface area contributed by atoms with Gasteiger partial charge in [0.25, 0.3) is 0 Å². The van der Waals surface area contributed by atoms with Crippen LogP contribution in [0.3, 0.4) is 0 Å². The van der Waals surface area contributed by atoms with Crippen LogP contribution in [0, 0.1) is 13.8 Å². The molecule has 132 valence electrons. The second-order valence-electron chi connectivity index (χ2n) is 5.92. The molecule has 3 rings (SSSR count). The van der Waals surface area contributed by atoms with E-state index in [4.69, 9.17) is 4.74 Å². The molecule has 0 amide bonds. The number of ether oxygens (including phenoxy) is 1. The summed E-state index contributed by atoms with van der Waals surface area (Å²) in [6, 6.07) is 6.84. The van der Waals surface area contributed by atoms with Crippen LogP contribution in [0.15, 0.2) is 30.8 Å². The molecular weight excluding hydrogens is 331 g/mol. The van der Waals surface area contributed by atoms with Gasteiger partial charge in [-0.1, -0.05) is 6.58 Å². The van der Waals surface area contributed by atoms with Crippen molar-refractivity contribution in [1.82, 2.24) is 14.3 Å². The SMILES string of the molecule is C=C(c1ccc2c(c(-n3c(C)ccc3C)nn2C)c1OC)C(F)(F)F. The van der Waals surface area contributed by atoms with Gasteiger partial charge >= 0.3 is 6.18 Å². The zero-order chi connectivity index (χ0) is 18.5. The molecule has 0 atom stereocenters. The summed E-state index contributed by atoms with van der Waals surface area (Å²) in [5, 5.41) is 5.04. The van der Waals surface area contributed by atoms with E-state index in [2.05, 4.69) is 11.7 Å². The van der Waals surface area contributed by atoms with Gasteiger partial charge in [-0.3, -0.25) is 4.68 Å². The number of fused-ring (bicyclic) bond motifs is 1. The van der Waals surface area contributed by atoms with Gasteiger partial charge in [0, 0.05) is 24.0 Å². The molecular formula is C18H18F3N3O. The number of hydrogen-bond acceptors (Lipinski definition) is 2. The molecule has 0 radical (unpaired) electrons. The Labute approximate surface area is 143 Å². The molecule has 25 heavy (non-hydrogen) atoms. The zero-order valence-corrected chi connectivity index (χ0v) is 14.4. The maximum atomic E-state index is 13.2. The molecule has 2 aromatic heterocycles. The average molecular weight is 349 g/mol. The van der Waals surface area contributed by atoms with E-state index in [1.54, 1.807) is 17.8 Å². The number of aromatic nitrogens is 3. The minimum atomic E-state index is -4.54. The van der Waals surface area contributed by atoms with E-state index in [9.17, 15) is 13.2 Å². The molecule has 7 heteroatoms. The monoisotopic (exact) mass is 349 g/mol. The van der Waals surface area contributed by atoms with Gasteiger partial charge in [-0.2, -0.15) is 18.3 Å². The Bertz CT molecular complexity index is 960. The molecule has 0 aliphatic rings. The highest BCUT2D eigenvalue weighted by molar-refractivity contribution is 5.97. The van der Waals surface area contributed by atoms with E-state index in [0.29, 0.717) is 16.7 Å². The highest BCUT2D eigenvalue weighted by Crippen LogP contribution is 2.42. The molecule has 0 fully saturated rings. The Balaban J connectivity index is 2.40. The van der Waals surface area contributed by atoms with Crippen molar-refractivity contribution < 1.29 is 17.9 Å². The van der Waals surface area contributed by atoms with Crippen LogP contribution in [-0.4, -0.2) is 27.6 Å². The first kappa shape index (κ1) is 17.1. The molecule has 0 aliphatic heterocycles. The molecule has 0 aliphatic carbocycles. The fourth-order valence-corrected chi connectivity index (χ4v) is 3.07. The minimum absolute atomic E-state index is 0.0841. The lowest BCUT2D eigenvalue weighted by atomic mass is 10.0. The van der Waals surface area contributed by atoms with Crippen LogP contribution in [-0.2, 0) is 7.05 Å². The third-order valence-electron chi connectivity index (χ3n) is 4.31. The number of allylic oxidation sites excluding steroid dienone is 1. The van der Waals surface area contributed by atoms with E-state index < -0.39 is 11.7 Å². The first-order valence-electron chi connectivity index (χ1n) is 7.62. The number of benzene rings is 1. The fourth-order valence-electron chi connectivity index (χ4n) is 3.07. The van der Waals surface area contributed by atoms with Crippen LogP contribution < -0.4 is 4.74 Å². The van der Waals surface area contributed by atoms with E-state index in [1.165, 1.54) is 13.2 Å². The number of aryl methyl sites for hydroxylation is 3. The summed E-state index contributed by atoms with van der Waals surface area (Å²) in [7, 11) is 3.10. The number of nitrogens with zero attached hydrogens (tertiary/aromatic N) is 3. The zero-order valence-electron chi connectivity index (χ0n) is 14.4. The van der Waals surface area contributed by atoms with Gasteiger partial charge in [-0.15, -0.1) is 0 Å². The Morgan fingerprint density at radius 2 is 1.72 bits per heavy atom. The summed E-state index contributed by atoms with van der Waals surface area (Å²) in [6.45, 7) is 7.04. The van der Waals surface area contributed by atoms with Crippen molar-refractivity contribution in [2.75, 3.05) is 7.11 Å². The van der Waals surface area contributed by atoms with Crippen LogP contribution in [0.4, 0.5) is 13.2 Å². The van der Waals surface area contributed by atoms with Crippen molar-refractivity contribution in [3.8, 4) is 11.6 Å². The van der Waals surface area contributed by atoms with Crippen molar-refractivity contribution in [3.63, 3.8) is 0 Å². The Morgan fingerprint density at radius 1 is 1.12 bits per heavy atom. The van der Waals surface area contributed by atoms with Gasteiger partial charge < -0.3 is 9.30 Å².